The molecule has 0 aromatic carbocycles. The minimum Gasteiger partial charge on any atom is -0.472 e. The van der Waals surface area contributed by atoms with Gasteiger partial charge >= 0.3 is 0 Å². The summed E-state index contributed by atoms with van der Waals surface area (Å²) in [5.41, 5.74) is 2.16. The highest BCUT2D eigenvalue weighted by molar-refractivity contribution is 5.28. The Kier molecular flexibility index (Phi) is 1.79. The second-order valence-electron chi connectivity index (χ2n) is 3.30. The van der Waals surface area contributed by atoms with Gasteiger partial charge in [-0.15, -0.1) is 0 Å². The maximum atomic E-state index is 8.82. The van der Waals surface area contributed by atoms with Crippen molar-refractivity contribution < 1.29 is 4.42 Å². The molecular weight excluding hydrogens is 164 g/mol. The van der Waals surface area contributed by atoms with Gasteiger partial charge < -0.3 is 4.42 Å². The molecule has 0 radical (unpaired) electrons. The molecular formula is C10H8N2O. The van der Waals surface area contributed by atoms with Gasteiger partial charge in [0.25, 0.3) is 0 Å². The van der Waals surface area contributed by atoms with E-state index in [-0.39, 0.29) is 11.8 Å². The highest BCUT2D eigenvalue weighted by Crippen LogP contribution is 2.30. The molecule has 0 fully saturated rings. The Morgan fingerprint density at radius 1 is 1.08 bits per heavy atom. The smallest absolute Gasteiger partial charge is 0.0937 e. The second-order valence-corrected chi connectivity index (χ2v) is 3.30. The molecule has 1 heterocycles. The van der Waals surface area contributed by atoms with E-state index in [2.05, 4.69) is 12.1 Å². The van der Waals surface area contributed by atoms with Crippen LogP contribution >= 0.6 is 0 Å². The normalized spacial score (nSPS) is 25.7. The highest BCUT2D eigenvalue weighted by atomic mass is 16.3. The summed E-state index contributed by atoms with van der Waals surface area (Å²) >= 11 is 0. The Balaban J connectivity index is 2.33. The van der Waals surface area contributed by atoms with Gasteiger partial charge in [0.15, 0.2) is 0 Å². The first kappa shape index (κ1) is 7.89. The molecule has 2 unspecified atom stereocenters. The first-order chi connectivity index (χ1) is 6.35. The molecule has 1 aromatic rings. The lowest BCUT2D eigenvalue weighted by Crippen LogP contribution is -2.21. The Morgan fingerprint density at radius 3 is 1.92 bits per heavy atom. The Hall–Kier alpha value is -1.74. The van der Waals surface area contributed by atoms with E-state index in [1.165, 1.54) is 0 Å². The SMILES string of the molecule is N#CC1Cc2cocc2CC1C#N. The Morgan fingerprint density at radius 2 is 1.54 bits per heavy atom. The molecule has 0 spiro atoms. The third kappa shape index (κ3) is 1.19. The lowest BCUT2D eigenvalue weighted by Gasteiger charge is -2.20. The summed E-state index contributed by atoms with van der Waals surface area (Å²) in [6, 6.07) is 4.34. The maximum Gasteiger partial charge on any atom is 0.0937 e. The van der Waals surface area contributed by atoms with Gasteiger partial charge in [-0.2, -0.15) is 10.5 Å². The number of furan rings is 1. The molecule has 0 saturated heterocycles. The lowest BCUT2D eigenvalue weighted by atomic mass is 9.79. The van der Waals surface area contributed by atoms with Crippen LogP contribution < -0.4 is 0 Å². The number of fused-ring (bicyclic) bond motifs is 1. The molecule has 0 aliphatic heterocycles. The number of hydrogen-bond acceptors (Lipinski definition) is 3. The predicted octanol–water partition coefficient (Wildman–Crippen LogP) is 1.66. The fourth-order valence-corrected chi connectivity index (χ4v) is 1.74. The number of rotatable bonds is 0. The average molecular weight is 172 g/mol. The van der Waals surface area contributed by atoms with Gasteiger partial charge in [0.1, 0.15) is 0 Å². The molecule has 1 aliphatic carbocycles. The van der Waals surface area contributed by atoms with Crippen LogP contribution in [0.5, 0.6) is 0 Å². The van der Waals surface area contributed by atoms with Gasteiger partial charge in [-0.1, -0.05) is 0 Å². The second kappa shape index (κ2) is 2.95. The van der Waals surface area contributed by atoms with Gasteiger partial charge in [-0.3, -0.25) is 0 Å². The van der Waals surface area contributed by atoms with E-state index < -0.39 is 0 Å². The first-order valence-electron chi connectivity index (χ1n) is 4.18. The van der Waals surface area contributed by atoms with Crippen molar-refractivity contribution >= 4 is 0 Å². The zero-order chi connectivity index (χ0) is 9.26. The monoisotopic (exact) mass is 172 g/mol. The number of nitrogens with zero attached hydrogens (tertiary/aromatic N) is 2. The van der Waals surface area contributed by atoms with Gasteiger partial charge in [-0.25, -0.2) is 0 Å². The minimum atomic E-state index is -0.171. The molecule has 1 aliphatic rings. The standard InChI is InChI=1S/C10H8N2O/c11-3-7-1-9-5-13-6-10(9)2-8(7)4-12/h5-8H,1-2H2. The van der Waals surface area contributed by atoms with E-state index in [0.717, 1.165) is 11.1 Å². The summed E-state index contributed by atoms with van der Waals surface area (Å²) in [4.78, 5) is 0. The van der Waals surface area contributed by atoms with Crippen LogP contribution in [0.4, 0.5) is 0 Å². The number of hydrogen-bond donors (Lipinski definition) is 0. The fourth-order valence-electron chi connectivity index (χ4n) is 1.74. The molecule has 0 N–H and O–H groups in total. The largest absolute Gasteiger partial charge is 0.472 e. The van der Waals surface area contributed by atoms with Gasteiger partial charge in [-0.05, 0) is 24.0 Å². The van der Waals surface area contributed by atoms with Gasteiger partial charge in [0, 0.05) is 0 Å². The van der Waals surface area contributed by atoms with E-state index in [0.29, 0.717) is 12.8 Å². The lowest BCUT2D eigenvalue weighted by molar-refractivity contribution is 0.463. The summed E-state index contributed by atoms with van der Waals surface area (Å²) in [5.74, 6) is -0.342. The fraction of sp³-hybridized carbons (Fsp3) is 0.400. The Labute approximate surface area is 76.2 Å². The summed E-state index contributed by atoms with van der Waals surface area (Å²) in [6.07, 6.45) is 4.65. The molecule has 0 amide bonds. The molecule has 0 bridgehead atoms. The summed E-state index contributed by atoms with van der Waals surface area (Å²) in [7, 11) is 0. The molecule has 3 nitrogen and oxygen atoms in total. The average Bonchev–Trinajstić information content (AvgIpc) is 2.62. The molecule has 1 aromatic heterocycles. The van der Waals surface area contributed by atoms with Crippen molar-refractivity contribution in [3.05, 3.63) is 23.7 Å². The minimum absolute atomic E-state index is 0.171. The molecule has 2 atom stereocenters. The van der Waals surface area contributed by atoms with Crippen LogP contribution in [0.1, 0.15) is 11.1 Å². The van der Waals surface area contributed by atoms with Crippen LogP contribution in [-0.4, -0.2) is 0 Å². The molecule has 3 heteroatoms. The highest BCUT2D eigenvalue weighted by Gasteiger charge is 2.29. The molecule has 13 heavy (non-hydrogen) atoms. The zero-order valence-corrected chi connectivity index (χ0v) is 7.03. The Bertz CT molecular complexity index is 357. The van der Waals surface area contributed by atoms with Crippen molar-refractivity contribution in [2.75, 3.05) is 0 Å². The van der Waals surface area contributed by atoms with Crippen molar-refractivity contribution in [1.29, 1.82) is 10.5 Å². The summed E-state index contributed by atoms with van der Waals surface area (Å²) < 4.78 is 5.03. The summed E-state index contributed by atoms with van der Waals surface area (Å²) in [6.45, 7) is 0. The van der Waals surface area contributed by atoms with Crippen molar-refractivity contribution in [1.82, 2.24) is 0 Å². The predicted molar refractivity (Wildman–Crippen MR) is 44.3 cm³/mol. The topological polar surface area (TPSA) is 60.7 Å². The van der Waals surface area contributed by atoms with Crippen LogP contribution in [0.25, 0.3) is 0 Å². The van der Waals surface area contributed by atoms with E-state index in [1.807, 2.05) is 0 Å². The van der Waals surface area contributed by atoms with Crippen molar-refractivity contribution in [3.63, 3.8) is 0 Å². The van der Waals surface area contributed by atoms with Gasteiger partial charge in [0.2, 0.25) is 0 Å². The van der Waals surface area contributed by atoms with Crippen LogP contribution in [0, 0.1) is 34.5 Å². The number of nitriles is 2. The van der Waals surface area contributed by atoms with Crippen LogP contribution in [0.2, 0.25) is 0 Å². The van der Waals surface area contributed by atoms with E-state index in [9.17, 15) is 0 Å². The van der Waals surface area contributed by atoms with Crippen LogP contribution in [0.3, 0.4) is 0 Å². The van der Waals surface area contributed by atoms with E-state index in [4.69, 9.17) is 14.9 Å². The van der Waals surface area contributed by atoms with Crippen molar-refractivity contribution in [2.24, 2.45) is 11.8 Å². The van der Waals surface area contributed by atoms with Gasteiger partial charge in [0.05, 0.1) is 36.5 Å². The van der Waals surface area contributed by atoms with Crippen LogP contribution in [0.15, 0.2) is 16.9 Å². The molecule has 64 valence electrons. The zero-order valence-electron chi connectivity index (χ0n) is 7.03. The third-order valence-corrected chi connectivity index (χ3v) is 2.53. The maximum absolute atomic E-state index is 8.82. The third-order valence-electron chi connectivity index (χ3n) is 2.53. The van der Waals surface area contributed by atoms with E-state index >= 15 is 0 Å². The van der Waals surface area contributed by atoms with Crippen molar-refractivity contribution in [3.8, 4) is 12.1 Å². The summed E-state index contributed by atoms with van der Waals surface area (Å²) in [5, 5.41) is 17.6. The first-order valence-corrected chi connectivity index (χ1v) is 4.18. The van der Waals surface area contributed by atoms with E-state index in [1.54, 1.807) is 12.5 Å². The van der Waals surface area contributed by atoms with Crippen molar-refractivity contribution in [2.45, 2.75) is 12.8 Å². The quantitative estimate of drug-likeness (QED) is 0.597. The molecule has 2 rings (SSSR count). The van der Waals surface area contributed by atoms with Crippen LogP contribution in [-0.2, 0) is 12.8 Å². The molecule has 0 saturated carbocycles.